The Morgan fingerprint density at radius 1 is 1.40 bits per heavy atom. The monoisotopic (exact) mass is 303 g/mol. The molecule has 3 heterocycles. The van der Waals surface area contributed by atoms with Crippen molar-refractivity contribution >= 4 is 28.7 Å². The third kappa shape index (κ3) is 2.21. The molecule has 2 aromatic rings. The molecule has 20 heavy (non-hydrogen) atoms. The van der Waals surface area contributed by atoms with E-state index in [1.807, 2.05) is 18.3 Å². The molecule has 2 aromatic heterocycles. The van der Waals surface area contributed by atoms with E-state index in [1.165, 1.54) is 10.4 Å². The number of nitrogens with zero attached hydrogens (tertiary/aromatic N) is 2. The molecule has 0 saturated carbocycles. The Labute approximate surface area is 128 Å². The smallest absolute Gasteiger partial charge is 0.170 e. The topological polar surface area (TPSA) is 28.2 Å². The third-order valence-electron chi connectivity index (χ3n) is 3.71. The molecule has 0 radical (unpaired) electrons. The summed E-state index contributed by atoms with van der Waals surface area (Å²) in [5.41, 5.74) is 2.37. The van der Waals surface area contributed by atoms with Crippen LogP contribution in [0.1, 0.15) is 35.1 Å². The van der Waals surface area contributed by atoms with Crippen molar-refractivity contribution < 1.29 is 0 Å². The third-order valence-corrected chi connectivity index (χ3v) is 5.15. The molecule has 2 atom stereocenters. The maximum atomic E-state index is 5.50. The average Bonchev–Trinajstić information content (AvgIpc) is 3.02. The van der Waals surface area contributed by atoms with Crippen LogP contribution in [0.15, 0.2) is 35.8 Å². The van der Waals surface area contributed by atoms with Gasteiger partial charge >= 0.3 is 0 Å². The number of rotatable bonds is 3. The molecule has 1 aliphatic rings. The van der Waals surface area contributed by atoms with Crippen molar-refractivity contribution in [1.82, 2.24) is 15.2 Å². The summed E-state index contributed by atoms with van der Waals surface area (Å²) in [7, 11) is 0. The fraction of sp³-hybridized carbons (Fsp3) is 0.333. The van der Waals surface area contributed by atoms with Crippen molar-refractivity contribution in [3.8, 4) is 0 Å². The Balaban J connectivity index is 2.05. The fourth-order valence-corrected chi connectivity index (χ4v) is 4.16. The molecule has 104 valence electrons. The molecule has 0 unspecified atom stereocenters. The van der Waals surface area contributed by atoms with Crippen LogP contribution in [0.2, 0.25) is 0 Å². The molecule has 0 spiro atoms. The number of pyridine rings is 1. The molecule has 1 aliphatic heterocycles. The number of thiocarbonyl (C=S) groups is 1. The number of hydrogen-bond acceptors (Lipinski definition) is 3. The largest absolute Gasteiger partial charge is 0.352 e. The summed E-state index contributed by atoms with van der Waals surface area (Å²) in [6.07, 6.45) is 1.84. The molecule has 1 saturated heterocycles. The molecule has 0 bridgehead atoms. The van der Waals surface area contributed by atoms with E-state index >= 15 is 0 Å². The summed E-state index contributed by atoms with van der Waals surface area (Å²) in [5.74, 6) is 0. The Bertz CT molecular complexity index is 609. The van der Waals surface area contributed by atoms with Gasteiger partial charge in [0, 0.05) is 17.6 Å². The van der Waals surface area contributed by atoms with E-state index < -0.39 is 0 Å². The number of aryl methyl sites for hydroxylation is 1. The van der Waals surface area contributed by atoms with Gasteiger partial charge in [0.25, 0.3) is 0 Å². The minimum Gasteiger partial charge on any atom is -0.352 e. The van der Waals surface area contributed by atoms with Crippen LogP contribution in [0.5, 0.6) is 0 Å². The van der Waals surface area contributed by atoms with Gasteiger partial charge in [0.2, 0.25) is 0 Å². The number of thiophene rings is 1. The van der Waals surface area contributed by atoms with Crippen LogP contribution >= 0.6 is 23.6 Å². The highest BCUT2D eigenvalue weighted by Crippen LogP contribution is 2.41. The van der Waals surface area contributed by atoms with E-state index in [-0.39, 0.29) is 12.1 Å². The van der Waals surface area contributed by atoms with Gasteiger partial charge in [-0.15, -0.1) is 11.3 Å². The van der Waals surface area contributed by atoms with Crippen molar-refractivity contribution in [3.05, 3.63) is 52.0 Å². The first-order chi connectivity index (χ1) is 9.72. The predicted molar refractivity (Wildman–Crippen MR) is 86.9 cm³/mol. The summed E-state index contributed by atoms with van der Waals surface area (Å²) in [5, 5.41) is 6.41. The lowest BCUT2D eigenvalue weighted by Gasteiger charge is -2.26. The molecule has 0 amide bonds. The lowest BCUT2D eigenvalue weighted by molar-refractivity contribution is 0.334. The number of hydrogen-bond donors (Lipinski definition) is 1. The van der Waals surface area contributed by atoms with E-state index in [9.17, 15) is 0 Å². The first-order valence-corrected chi connectivity index (χ1v) is 8.03. The minimum absolute atomic E-state index is 0.126. The maximum Gasteiger partial charge on any atom is 0.170 e. The number of likely N-dealkylation sites (N-methyl/N-ethyl adjacent to an activating group) is 1. The van der Waals surface area contributed by atoms with Crippen LogP contribution < -0.4 is 5.32 Å². The lowest BCUT2D eigenvalue weighted by atomic mass is 10.0. The Hall–Kier alpha value is -1.46. The molecule has 3 nitrogen and oxygen atoms in total. The van der Waals surface area contributed by atoms with Crippen molar-refractivity contribution in [2.45, 2.75) is 25.9 Å². The second-order valence-corrected chi connectivity index (χ2v) is 6.21. The molecule has 5 heteroatoms. The zero-order valence-corrected chi connectivity index (χ0v) is 13.2. The molecular formula is C15H17N3S2. The van der Waals surface area contributed by atoms with Crippen molar-refractivity contribution in [2.24, 2.45) is 0 Å². The van der Waals surface area contributed by atoms with Crippen LogP contribution in [0, 0.1) is 6.92 Å². The quantitative estimate of drug-likeness (QED) is 0.879. The van der Waals surface area contributed by atoms with E-state index in [1.54, 1.807) is 11.3 Å². The van der Waals surface area contributed by atoms with Crippen LogP contribution in [0.25, 0.3) is 0 Å². The molecule has 3 rings (SSSR count). The summed E-state index contributed by atoms with van der Waals surface area (Å²) in [4.78, 5) is 8.14. The van der Waals surface area contributed by atoms with Gasteiger partial charge in [0.05, 0.1) is 17.8 Å². The van der Waals surface area contributed by atoms with E-state index in [4.69, 9.17) is 12.2 Å². The zero-order chi connectivity index (χ0) is 14.1. The highest BCUT2D eigenvalue weighted by Gasteiger charge is 2.40. The standard InChI is InChI=1S/C15H17N3S2/c1-3-18-13(14-10(2)7-9-20-14)12(17-15(18)19)11-6-4-5-8-16-11/h4-9,12-13H,3H2,1-2H3,(H,17,19)/t12-,13+/m0/s1. The first-order valence-electron chi connectivity index (χ1n) is 6.74. The predicted octanol–water partition coefficient (Wildman–Crippen LogP) is 3.44. The van der Waals surface area contributed by atoms with Gasteiger partial charge in [-0.2, -0.15) is 0 Å². The Kier molecular flexibility index (Phi) is 3.72. The zero-order valence-electron chi connectivity index (χ0n) is 11.5. The number of nitrogens with one attached hydrogen (secondary N) is 1. The van der Waals surface area contributed by atoms with Gasteiger partial charge in [0.15, 0.2) is 5.11 Å². The highest BCUT2D eigenvalue weighted by atomic mass is 32.1. The average molecular weight is 303 g/mol. The fourth-order valence-electron chi connectivity index (χ4n) is 2.72. The van der Waals surface area contributed by atoms with Gasteiger partial charge in [-0.3, -0.25) is 4.98 Å². The van der Waals surface area contributed by atoms with Crippen molar-refractivity contribution in [2.75, 3.05) is 6.54 Å². The summed E-state index contributed by atoms with van der Waals surface area (Å²) in [6, 6.07) is 8.57. The summed E-state index contributed by atoms with van der Waals surface area (Å²) in [6.45, 7) is 5.21. The van der Waals surface area contributed by atoms with Gasteiger partial charge in [0.1, 0.15) is 0 Å². The van der Waals surface area contributed by atoms with Crippen molar-refractivity contribution in [1.29, 1.82) is 0 Å². The number of aromatic nitrogens is 1. The normalized spacial score (nSPS) is 22.1. The van der Waals surface area contributed by atoms with E-state index in [0.29, 0.717) is 0 Å². The van der Waals surface area contributed by atoms with Crippen LogP contribution in [0.3, 0.4) is 0 Å². The maximum absolute atomic E-state index is 5.50. The Morgan fingerprint density at radius 2 is 2.25 bits per heavy atom. The van der Waals surface area contributed by atoms with Gasteiger partial charge in [-0.1, -0.05) is 6.07 Å². The molecule has 0 aliphatic carbocycles. The summed E-state index contributed by atoms with van der Waals surface area (Å²) < 4.78 is 0. The minimum atomic E-state index is 0.126. The Morgan fingerprint density at radius 3 is 2.85 bits per heavy atom. The second kappa shape index (κ2) is 5.50. The highest BCUT2D eigenvalue weighted by molar-refractivity contribution is 7.80. The lowest BCUT2D eigenvalue weighted by Crippen LogP contribution is -2.29. The van der Waals surface area contributed by atoms with Gasteiger partial charge in [-0.05, 0) is 55.2 Å². The molecule has 0 aromatic carbocycles. The summed E-state index contributed by atoms with van der Waals surface area (Å²) >= 11 is 7.30. The van der Waals surface area contributed by atoms with Gasteiger partial charge in [-0.25, -0.2) is 0 Å². The van der Waals surface area contributed by atoms with E-state index in [2.05, 4.69) is 46.6 Å². The first kappa shape index (κ1) is 13.5. The SMILES string of the molecule is CCN1C(=S)N[C@@H](c2ccccn2)[C@@H]1c1sccc1C. The molecular weight excluding hydrogens is 286 g/mol. The van der Waals surface area contributed by atoms with Crippen LogP contribution in [0.4, 0.5) is 0 Å². The van der Waals surface area contributed by atoms with Gasteiger partial charge < -0.3 is 10.2 Å². The molecule has 1 N–H and O–H groups in total. The van der Waals surface area contributed by atoms with Crippen LogP contribution in [-0.2, 0) is 0 Å². The van der Waals surface area contributed by atoms with Crippen LogP contribution in [-0.4, -0.2) is 21.5 Å². The molecule has 1 fully saturated rings. The van der Waals surface area contributed by atoms with E-state index in [0.717, 1.165) is 17.4 Å². The van der Waals surface area contributed by atoms with Crippen molar-refractivity contribution in [3.63, 3.8) is 0 Å². The second-order valence-electron chi connectivity index (χ2n) is 4.88.